The number of hydrogen-bond donors (Lipinski definition) is 1. The molecule has 1 N–H and O–H groups in total. The molecular weight excluding hydrogens is 368 g/mol. The first kappa shape index (κ1) is 18.2. The van der Waals surface area contributed by atoms with Crippen molar-refractivity contribution >= 4 is 40.1 Å². The van der Waals surface area contributed by atoms with Gasteiger partial charge in [0, 0.05) is 28.6 Å². The molecule has 0 fully saturated rings. The topological polar surface area (TPSA) is 51.2 Å². The van der Waals surface area contributed by atoms with Crippen molar-refractivity contribution < 1.29 is 9.53 Å². The minimum Gasteiger partial charge on any atom is -0.497 e. The number of thiazole rings is 1. The lowest BCUT2D eigenvalue weighted by molar-refractivity contribution is -0.111. The van der Waals surface area contributed by atoms with Crippen molar-refractivity contribution in [2.75, 3.05) is 12.4 Å². The first-order valence-electron chi connectivity index (χ1n) is 7.94. The van der Waals surface area contributed by atoms with Gasteiger partial charge in [0.1, 0.15) is 5.75 Å². The fourth-order valence-corrected chi connectivity index (χ4v) is 3.37. The lowest BCUT2D eigenvalue weighted by atomic mass is 10.1. The maximum atomic E-state index is 12.0. The molecule has 0 atom stereocenters. The summed E-state index contributed by atoms with van der Waals surface area (Å²) in [6.45, 7) is 0. The summed E-state index contributed by atoms with van der Waals surface area (Å²) in [5, 5.41) is 3.99. The Labute approximate surface area is 161 Å². The smallest absolute Gasteiger partial charge is 0.250 e. The third kappa shape index (κ3) is 5.18. The molecule has 0 saturated carbocycles. The number of halogens is 1. The molecule has 6 heteroatoms. The van der Waals surface area contributed by atoms with Crippen LogP contribution < -0.4 is 10.1 Å². The van der Waals surface area contributed by atoms with Crippen LogP contribution in [0.3, 0.4) is 0 Å². The van der Waals surface area contributed by atoms with Gasteiger partial charge in [0.2, 0.25) is 5.91 Å². The summed E-state index contributed by atoms with van der Waals surface area (Å²) in [5.74, 6) is 0.604. The number of carbonyl (C=O) groups excluding carboxylic acids is 1. The van der Waals surface area contributed by atoms with Gasteiger partial charge in [0.25, 0.3) is 0 Å². The lowest BCUT2D eigenvalue weighted by Crippen LogP contribution is -2.07. The summed E-state index contributed by atoms with van der Waals surface area (Å²) in [7, 11) is 1.65. The summed E-state index contributed by atoms with van der Waals surface area (Å²) in [6.07, 6.45) is 5.73. The van der Waals surface area contributed by atoms with Crippen molar-refractivity contribution in [3.8, 4) is 5.75 Å². The molecule has 4 nitrogen and oxygen atoms in total. The predicted molar refractivity (Wildman–Crippen MR) is 107 cm³/mol. The highest BCUT2D eigenvalue weighted by Gasteiger charge is 2.06. The largest absolute Gasteiger partial charge is 0.497 e. The van der Waals surface area contributed by atoms with Crippen molar-refractivity contribution in [1.82, 2.24) is 4.98 Å². The number of ether oxygens (including phenoxy) is 1. The second kappa shape index (κ2) is 8.65. The Bertz CT molecular complexity index is 920. The third-order valence-corrected chi connectivity index (χ3v) is 4.74. The number of rotatable bonds is 6. The summed E-state index contributed by atoms with van der Waals surface area (Å²) in [6, 6.07) is 15.2. The molecule has 1 heterocycles. The Morgan fingerprint density at radius 3 is 2.81 bits per heavy atom. The Morgan fingerprint density at radius 1 is 1.27 bits per heavy atom. The molecule has 0 bridgehead atoms. The van der Waals surface area contributed by atoms with Crippen LogP contribution in [-0.4, -0.2) is 18.0 Å². The molecular formula is C20H17ClN2O2S. The lowest BCUT2D eigenvalue weighted by Gasteiger charge is -2.01. The van der Waals surface area contributed by atoms with Crippen molar-refractivity contribution in [3.63, 3.8) is 0 Å². The molecule has 0 saturated heterocycles. The first-order valence-corrected chi connectivity index (χ1v) is 9.14. The predicted octanol–water partition coefficient (Wildman–Crippen LogP) is 5.05. The molecule has 0 aliphatic rings. The van der Waals surface area contributed by atoms with Gasteiger partial charge >= 0.3 is 0 Å². The van der Waals surface area contributed by atoms with Crippen LogP contribution in [0.2, 0.25) is 5.02 Å². The molecule has 0 spiro atoms. The third-order valence-electron chi connectivity index (χ3n) is 3.60. The van der Waals surface area contributed by atoms with Gasteiger partial charge in [0.05, 0.1) is 7.11 Å². The summed E-state index contributed by atoms with van der Waals surface area (Å²) in [4.78, 5) is 17.4. The number of anilines is 1. The van der Waals surface area contributed by atoms with Gasteiger partial charge in [-0.15, -0.1) is 11.3 Å². The number of nitrogens with one attached hydrogen (secondary N) is 1. The zero-order valence-electron chi connectivity index (χ0n) is 14.1. The fraction of sp³-hybridized carbons (Fsp3) is 0.100. The van der Waals surface area contributed by atoms with E-state index in [0.717, 1.165) is 28.2 Å². The Kier molecular flexibility index (Phi) is 6.04. The van der Waals surface area contributed by atoms with E-state index < -0.39 is 0 Å². The molecule has 1 amide bonds. The van der Waals surface area contributed by atoms with E-state index in [0.29, 0.717) is 10.2 Å². The summed E-state index contributed by atoms with van der Waals surface area (Å²) >= 11 is 7.39. The molecule has 2 aromatic carbocycles. The van der Waals surface area contributed by atoms with Gasteiger partial charge in [-0.1, -0.05) is 35.9 Å². The van der Waals surface area contributed by atoms with Crippen molar-refractivity contribution in [1.29, 1.82) is 0 Å². The van der Waals surface area contributed by atoms with E-state index in [9.17, 15) is 4.79 Å². The van der Waals surface area contributed by atoms with Crippen LogP contribution in [-0.2, 0) is 11.2 Å². The van der Waals surface area contributed by atoms with Crippen LogP contribution in [0.25, 0.3) is 6.08 Å². The van der Waals surface area contributed by atoms with Crippen LogP contribution in [0, 0.1) is 0 Å². The molecule has 132 valence electrons. The molecule has 0 aliphatic carbocycles. The summed E-state index contributed by atoms with van der Waals surface area (Å²) < 4.78 is 5.16. The van der Waals surface area contributed by atoms with Gasteiger partial charge < -0.3 is 4.74 Å². The number of carbonyl (C=O) groups is 1. The molecule has 3 rings (SSSR count). The number of methoxy groups -OCH3 is 1. The van der Waals surface area contributed by atoms with E-state index in [2.05, 4.69) is 10.3 Å². The van der Waals surface area contributed by atoms with Gasteiger partial charge in [-0.3, -0.25) is 10.1 Å². The Balaban J connectivity index is 1.58. The highest BCUT2D eigenvalue weighted by atomic mass is 35.5. The molecule has 26 heavy (non-hydrogen) atoms. The monoisotopic (exact) mass is 384 g/mol. The number of nitrogens with zero attached hydrogens (tertiary/aromatic N) is 1. The highest BCUT2D eigenvalue weighted by molar-refractivity contribution is 7.15. The van der Waals surface area contributed by atoms with E-state index in [1.807, 2.05) is 36.4 Å². The Hall–Kier alpha value is -2.63. The van der Waals surface area contributed by atoms with Crippen LogP contribution in [0.1, 0.15) is 16.0 Å². The second-order valence-corrected chi connectivity index (χ2v) is 7.09. The van der Waals surface area contributed by atoms with Crippen LogP contribution in [0.5, 0.6) is 5.75 Å². The Morgan fingerprint density at radius 2 is 2.08 bits per heavy atom. The number of amides is 1. The van der Waals surface area contributed by atoms with Gasteiger partial charge in [0.15, 0.2) is 5.13 Å². The average Bonchev–Trinajstić information content (AvgIpc) is 3.07. The van der Waals surface area contributed by atoms with E-state index in [-0.39, 0.29) is 5.91 Å². The van der Waals surface area contributed by atoms with E-state index >= 15 is 0 Å². The normalized spacial score (nSPS) is 10.8. The number of aromatic nitrogens is 1. The van der Waals surface area contributed by atoms with Gasteiger partial charge in [-0.25, -0.2) is 4.98 Å². The van der Waals surface area contributed by atoms with Crippen LogP contribution in [0.4, 0.5) is 5.13 Å². The SMILES string of the molecule is COc1ccc(Cc2cnc(NC(=O)C=Cc3cccc(Cl)c3)s2)cc1. The minimum atomic E-state index is -0.227. The second-order valence-electron chi connectivity index (χ2n) is 5.53. The maximum absolute atomic E-state index is 12.0. The molecule has 0 aliphatic heterocycles. The van der Waals surface area contributed by atoms with E-state index in [1.165, 1.54) is 17.4 Å². The zero-order chi connectivity index (χ0) is 18.4. The molecule has 3 aromatic rings. The van der Waals surface area contributed by atoms with Crippen molar-refractivity contribution in [3.05, 3.63) is 81.8 Å². The molecule has 0 unspecified atom stereocenters. The number of hydrogen-bond acceptors (Lipinski definition) is 4. The van der Waals surface area contributed by atoms with Crippen molar-refractivity contribution in [2.24, 2.45) is 0 Å². The quantitative estimate of drug-likeness (QED) is 0.605. The first-order chi connectivity index (χ1) is 12.6. The molecule has 1 aromatic heterocycles. The minimum absolute atomic E-state index is 0.227. The standard InChI is InChI=1S/C20H17ClN2O2S/c1-25-17-8-5-15(6-9-17)12-18-13-22-20(26-18)23-19(24)10-7-14-3-2-4-16(21)11-14/h2-11,13H,12H2,1H3,(H,22,23,24). The highest BCUT2D eigenvalue weighted by Crippen LogP contribution is 2.22. The van der Waals surface area contributed by atoms with Crippen LogP contribution >= 0.6 is 22.9 Å². The number of benzene rings is 2. The van der Waals surface area contributed by atoms with E-state index in [1.54, 1.807) is 31.5 Å². The maximum Gasteiger partial charge on any atom is 0.250 e. The van der Waals surface area contributed by atoms with Gasteiger partial charge in [-0.2, -0.15) is 0 Å². The summed E-state index contributed by atoms with van der Waals surface area (Å²) in [5.41, 5.74) is 2.03. The van der Waals surface area contributed by atoms with E-state index in [4.69, 9.17) is 16.3 Å². The molecule has 0 radical (unpaired) electrons. The fourth-order valence-electron chi connectivity index (χ4n) is 2.32. The van der Waals surface area contributed by atoms with Gasteiger partial charge in [-0.05, 0) is 41.5 Å². The van der Waals surface area contributed by atoms with Crippen LogP contribution in [0.15, 0.2) is 60.8 Å². The van der Waals surface area contributed by atoms with Crippen molar-refractivity contribution in [2.45, 2.75) is 6.42 Å². The average molecular weight is 385 g/mol. The zero-order valence-corrected chi connectivity index (χ0v) is 15.7.